The standard InChI is InChI=1S/C11H20BrNO3/c1-8-4-9(6-16-8)11(14)13(2)5-10(12)7-15-3/h8-10H,4-7H2,1-3H3. The summed E-state index contributed by atoms with van der Waals surface area (Å²) in [5, 5.41) is 0. The molecule has 3 atom stereocenters. The number of nitrogens with zero attached hydrogens (tertiary/aromatic N) is 1. The van der Waals surface area contributed by atoms with Gasteiger partial charge in [0, 0.05) is 20.7 Å². The molecule has 0 bridgehead atoms. The van der Waals surface area contributed by atoms with Crippen molar-refractivity contribution in [2.24, 2.45) is 5.92 Å². The van der Waals surface area contributed by atoms with Crippen molar-refractivity contribution >= 4 is 21.8 Å². The SMILES string of the molecule is COCC(Br)CN(C)C(=O)C1COC(C)C1. The summed E-state index contributed by atoms with van der Waals surface area (Å²) < 4.78 is 10.4. The highest BCUT2D eigenvalue weighted by molar-refractivity contribution is 9.09. The quantitative estimate of drug-likeness (QED) is 0.717. The van der Waals surface area contributed by atoms with Crippen molar-refractivity contribution < 1.29 is 14.3 Å². The summed E-state index contributed by atoms with van der Waals surface area (Å²) in [6.45, 7) is 3.83. The van der Waals surface area contributed by atoms with E-state index >= 15 is 0 Å². The van der Waals surface area contributed by atoms with Gasteiger partial charge in [-0.3, -0.25) is 4.79 Å². The maximum absolute atomic E-state index is 12.0. The van der Waals surface area contributed by atoms with Gasteiger partial charge in [0.25, 0.3) is 0 Å². The van der Waals surface area contributed by atoms with Crippen LogP contribution in [0.3, 0.4) is 0 Å². The van der Waals surface area contributed by atoms with Gasteiger partial charge in [0.2, 0.25) is 5.91 Å². The van der Waals surface area contributed by atoms with Crippen LogP contribution in [0.25, 0.3) is 0 Å². The van der Waals surface area contributed by atoms with Crippen molar-refractivity contribution in [1.82, 2.24) is 4.90 Å². The van der Waals surface area contributed by atoms with Crippen molar-refractivity contribution in [3.63, 3.8) is 0 Å². The zero-order chi connectivity index (χ0) is 12.1. The molecule has 0 aromatic heterocycles. The van der Waals surface area contributed by atoms with Gasteiger partial charge in [0.05, 0.1) is 30.1 Å². The molecule has 16 heavy (non-hydrogen) atoms. The van der Waals surface area contributed by atoms with Crippen LogP contribution in [0.5, 0.6) is 0 Å². The molecule has 0 aliphatic carbocycles. The number of rotatable bonds is 5. The molecule has 0 aromatic rings. The summed E-state index contributed by atoms with van der Waals surface area (Å²) in [5.41, 5.74) is 0. The van der Waals surface area contributed by atoms with Gasteiger partial charge in [-0.05, 0) is 13.3 Å². The molecule has 0 aromatic carbocycles. The Bertz CT molecular complexity index is 237. The fourth-order valence-electron chi connectivity index (χ4n) is 1.92. The van der Waals surface area contributed by atoms with Crippen molar-refractivity contribution in [2.75, 3.05) is 33.9 Å². The second-order valence-electron chi connectivity index (χ2n) is 4.35. The molecule has 5 heteroatoms. The number of carbonyl (C=O) groups is 1. The molecule has 0 saturated carbocycles. The molecule has 0 spiro atoms. The maximum atomic E-state index is 12.0. The Labute approximate surface area is 105 Å². The highest BCUT2D eigenvalue weighted by Gasteiger charge is 2.30. The van der Waals surface area contributed by atoms with Crippen LogP contribution in [0.4, 0.5) is 0 Å². The van der Waals surface area contributed by atoms with E-state index < -0.39 is 0 Å². The molecule has 0 radical (unpaired) electrons. The van der Waals surface area contributed by atoms with Crippen LogP contribution >= 0.6 is 15.9 Å². The second-order valence-corrected chi connectivity index (χ2v) is 5.64. The Kier molecular flexibility index (Phi) is 5.72. The first kappa shape index (κ1) is 13.9. The monoisotopic (exact) mass is 293 g/mol. The Balaban J connectivity index is 2.35. The zero-order valence-corrected chi connectivity index (χ0v) is 11.7. The molecule has 1 fully saturated rings. The Morgan fingerprint density at radius 3 is 2.88 bits per heavy atom. The van der Waals surface area contributed by atoms with E-state index in [1.54, 1.807) is 12.0 Å². The molecule has 1 aliphatic heterocycles. The lowest BCUT2D eigenvalue weighted by Gasteiger charge is -2.22. The van der Waals surface area contributed by atoms with Crippen LogP contribution in [-0.2, 0) is 14.3 Å². The third-order valence-electron chi connectivity index (χ3n) is 2.74. The minimum Gasteiger partial charge on any atom is -0.383 e. The topological polar surface area (TPSA) is 38.8 Å². The van der Waals surface area contributed by atoms with E-state index in [0.29, 0.717) is 19.8 Å². The van der Waals surface area contributed by atoms with E-state index in [2.05, 4.69) is 15.9 Å². The average molecular weight is 294 g/mol. The smallest absolute Gasteiger partial charge is 0.227 e. The van der Waals surface area contributed by atoms with Gasteiger partial charge in [-0.15, -0.1) is 0 Å². The summed E-state index contributed by atoms with van der Waals surface area (Å²) in [6, 6.07) is 0. The van der Waals surface area contributed by atoms with Crippen LogP contribution in [0.1, 0.15) is 13.3 Å². The Hall–Kier alpha value is -0.130. The van der Waals surface area contributed by atoms with Gasteiger partial charge in [-0.1, -0.05) is 15.9 Å². The molecule has 1 aliphatic rings. The first-order valence-corrected chi connectivity index (χ1v) is 6.45. The third kappa shape index (κ3) is 4.03. The Morgan fingerprint density at radius 2 is 2.38 bits per heavy atom. The number of methoxy groups -OCH3 is 1. The summed E-state index contributed by atoms with van der Waals surface area (Å²) in [4.78, 5) is 14.0. The van der Waals surface area contributed by atoms with E-state index in [0.717, 1.165) is 6.42 Å². The van der Waals surface area contributed by atoms with Crippen molar-refractivity contribution in [3.8, 4) is 0 Å². The van der Waals surface area contributed by atoms with Crippen LogP contribution in [-0.4, -0.2) is 55.7 Å². The highest BCUT2D eigenvalue weighted by Crippen LogP contribution is 2.21. The van der Waals surface area contributed by atoms with Crippen LogP contribution < -0.4 is 0 Å². The largest absolute Gasteiger partial charge is 0.383 e. The predicted molar refractivity (Wildman–Crippen MR) is 65.7 cm³/mol. The number of alkyl halides is 1. The van der Waals surface area contributed by atoms with E-state index in [4.69, 9.17) is 9.47 Å². The minimum absolute atomic E-state index is 0.0299. The summed E-state index contributed by atoms with van der Waals surface area (Å²) in [7, 11) is 3.48. The molecule has 1 rings (SSSR count). The number of halogens is 1. The van der Waals surface area contributed by atoms with Crippen molar-refractivity contribution in [3.05, 3.63) is 0 Å². The second kappa shape index (κ2) is 6.57. The van der Waals surface area contributed by atoms with Crippen LogP contribution in [0, 0.1) is 5.92 Å². The fraction of sp³-hybridized carbons (Fsp3) is 0.909. The van der Waals surface area contributed by atoms with Gasteiger partial charge in [0.1, 0.15) is 0 Å². The van der Waals surface area contributed by atoms with Crippen LogP contribution in [0.2, 0.25) is 0 Å². The molecule has 1 amide bonds. The zero-order valence-electron chi connectivity index (χ0n) is 10.1. The summed E-state index contributed by atoms with van der Waals surface area (Å²) in [5.74, 6) is 0.201. The summed E-state index contributed by atoms with van der Waals surface area (Å²) in [6.07, 6.45) is 1.04. The third-order valence-corrected chi connectivity index (χ3v) is 3.30. The number of amides is 1. The number of carbonyl (C=O) groups excluding carboxylic acids is 1. The molecule has 0 N–H and O–H groups in total. The van der Waals surface area contributed by atoms with E-state index in [1.807, 2.05) is 14.0 Å². The van der Waals surface area contributed by atoms with Crippen molar-refractivity contribution in [2.45, 2.75) is 24.3 Å². The first-order chi connectivity index (χ1) is 7.54. The summed E-state index contributed by atoms with van der Waals surface area (Å²) >= 11 is 3.48. The van der Waals surface area contributed by atoms with Gasteiger partial charge < -0.3 is 14.4 Å². The first-order valence-electron chi connectivity index (χ1n) is 5.54. The van der Waals surface area contributed by atoms with Gasteiger partial charge in [-0.25, -0.2) is 0 Å². The average Bonchev–Trinajstić information content (AvgIpc) is 2.64. The molecule has 1 saturated heterocycles. The van der Waals surface area contributed by atoms with Gasteiger partial charge in [0.15, 0.2) is 0 Å². The van der Waals surface area contributed by atoms with E-state index in [-0.39, 0.29) is 22.8 Å². The fourth-order valence-corrected chi connectivity index (χ4v) is 2.62. The highest BCUT2D eigenvalue weighted by atomic mass is 79.9. The van der Waals surface area contributed by atoms with E-state index in [1.165, 1.54) is 0 Å². The lowest BCUT2D eigenvalue weighted by atomic mass is 10.1. The van der Waals surface area contributed by atoms with E-state index in [9.17, 15) is 4.79 Å². The number of ether oxygens (including phenoxy) is 2. The Morgan fingerprint density at radius 1 is 1.69 bits per heavy atom. The molecular formula is C11H20BrNO3. The molecular weight excluding hydrogens is 274 g/mol. The predicted octanol–water partition coefficient (Wildman–Crippen LogP) is 1.28. The molecule has 94 valence electrons. The number of hydrogen-bond donors (Lipinski definition) is 0. The van der Waals surface area contributed by atoms with Gasteiger partial charge >= 0.3 is 0 Å². The molecule has 3 unspecified atom stereocenters. The lowest BCUT2D eigenvalue weighted by Crippen LogP contribution is -2.38. The lowest BCUT2D eigenvalue weighted by molar-refractivity contribution is -0.134. The van der Waals surface area contributed by atoms with Crippen molar-refractivity contribution in [1.29, 1.82) is 0 Å². The normalized spacial score (nSPS) is 26.8. The van der Waals surface area contributed by atoms with Crippen LogP contribution in [0.15, 0.2) is 0 Å². The number of hydrogen-bond acceptors (Lipinski definition) is 3. The minimum atomic E-state index is 0.0299. The molecule has 1 heterocycles. The maximum Gasteiger partial charge on any atom is 0.227 e. The van der Waals surface area contributed by atoms with Gasteiger partial charge in [-0.2, -0.15) is 0 Å². The molecule has 4 nitrogen and oxygen atoms in total.